The molecule has 0 aliphatic rings. The molecule has 1 heterocycles. The van der Waals surface area contributed by atoms with Crippen LogP contribution in [0.4, 0.5) is 17.5 Å². The molecule has 0 bridgehead atoms. The van der Waals surface area contributed by atoms with Gasteiger partial charge in [0.25, 0.3) is 0 Å². The van der Waals surface area contributed by atoms with Crippen LogP contribution in [0.15, 0.2) is 53.0 Å². The lowest BCUT2D eigenvalue weighted by Gasteiger charge is -2.13. The highest BCUT2D eigenvalue weighted by Gasteiger charge is 2.12. The van der Waals surface area contributed by atoms with Crippen molar-refractivity contribution in [3.05, 3.63) is 58.0 Å². The second-order valence-corrected chi connectivity index (χ2v) is 8.03. The molecular formula is C22H24BrClN4O. The Bertz CT molecular complexity index is 950. The second-order valence-electron chi connectivity index (χ2n) is 6.68. The maximum atomic E-state index is 6.05. The van der Waals surface area contributed by atoms with Gasteiger partial charge >= 0.3 is 0 Å². The van der Waals surface area contributed by atoms with Gasteiger partial charge in [-0.15, -0.1) is 0 Å². The number of ether oxygens (including phenoxy) is 1. The van der Waals surface area contributed by atoms with Gasteiger partial charge in [-0.25, -0.2) is 4.98 Å². The monoisotopic (exact) mass is 474 g/mol. The molecule has 1 aromatic heterocycles. The van der Waals surface area contributed by atoms with Crippen LogP contribution in [0, 0.1) is 0 Å². The van der Waals surface area contributed by atoms with Crippen LogP contribution in [-0.2, 0) is 0 Å². The van der Waals surface area contributed by atoms with Crippen molar-refractivity contribution in [2.75, 3.05) is 17.7 Å². The van der Waals surface area contributed by atoms with E-state index in [4.69, 9.17) is 22.1 Å². The van der Waals surface area contributed by atoms with Gasteiger partial charge in [-0.3, -0.25) is 0 Å². The largest absolute Gasteiger partial charge is 0.493 e. The fourth-order valence-electron chi connectivity index (χ4n) is 2.89. The molecule has 152 valence electrons. The number of halogens is 2. The summed E-state index contributed by atoms with van der Waals surface area (Å²) in [6, 6.07) is 15.1. The van der Waals surface area contributed by atoms with Gasteiger partial charge in [-0.1, -0.05) is 53.7 Å². The highest BCUT2D eigenvalue weighted by Crippen LogP contribution is 2.33. The number of hydrogen-bond donors (Lipinski definition) is 2. The van der Waals surface area contributed by atoms with E-state index >= 15 is 0 Å². The smallest absolute Gasteiger partial charge is 0.222 e. The zero-order valence-corrected chi connectivity index (χ0v) is 18.6. The topological polar surface area (TPSA) is 73.1 Å². The van der Waals surface area contributed by atoms with Crippen LogP contribution < -0.4 is 15.8 Å². The van der Waals surface area contributed by atoms with E-state index in [0.717, 1.165) is 34.3 Å². The lowest BCUT2D eigenvalue weighted by Crippen LogP contribution is -2.03. The summed E-state index contributed by atoms with van der Waals surface area (Å²) in [5, 5.41) is 3.91. The van der Waals surface area contributed by atoms with E-state index in [-0.39, 0.29) is 5.95 Å². The highest BCUT2D eigenvalue weighted by molar-refractivity contribution is 9.10. The van der Waals surface area contributed by atoms with Crippen LogP contribution in [0.25, 0.3) is 11.3 Å². The third-order valence-corrected chi connectivity index (χ3v) is 5.08. The minimum Gasteiger partial charge on any atom is -0.493 e. The number of hydrogen-bond acceptors (Lipinski definition) is 5. The van der Waals surface area contributed by atoms with Gasteiger partial charge in [-0.2, -0.15) is 4.98 Å². The molecule has 0 amide bonds. The molecule has 0 aliphatic carbocycles. The summed E-state index contributed by atoms with van der Waals surface area (Å²) in [4.78, 5) is 8.72. The number of nitrogens with zero attached hydrogens (tertiary/aromatic N) is 2. The van der Waals surface area contributed by atoms with E-state index in [9.17, 15) is 0 Å². The number of aromatic nitrogens is 2. The lowest BCUT2D eigenvalue weighted by molar-refractivity contribution is 0.306. The van der Waals surface area contributed by atoms with Gasteiger partial charge in [0, 0.05) is 26.8 Å². The molecule has 3 aromatic rings. The standard InChI is InChI=1S/C22H24BrClN4O/c1-2-3-4-5-12-29-20-11-6-15(23)13-18(20)19-14-21(28-22(25)27-19)26-17-9-7-16(24)8-10-17/h6-11,13-14H,2-5,12H2,1H3,(H3,25,26,27,28). The second kappa shape index (κ2) is 10.5. The van der Waals surface area contributed by atoms with Gasteiger partial charge in [-0.05, 0) is 48.9 Å². The number of nitrogens with one attached hydrogen (secondary N) is 1. The Balaban J connectivity index is 1.84. The van der Waals surface area contributed by atoms with E-state index in [2.05, 4.69) is 38.1 Å². The molecule has 3 N–H and O–H groups in total. The molecule has 0 unspecified atom stereocenters. The summed E-state index contributed by atoms with van der Waals surface area (Å²) in [5.41, 5.74) is 8.40. The van der Waals surface area contributed by atoms with Crippen LogP contribution in [0.3, 0.4) is 0 Å². The number of nitrogen functional groups attached to an aromatic ring is 1. The molecule has 7 heteroatoms. The van der Waals surface area contributed by atoms with Crippen molar-refractivity contribution in [3.8, 4) is 17.0 Å². The minimum atomic E-state index is 0.188. The van der Waals surface area contributed by atoms with Gasteiger partial charge in [0.05, 0.1) is 12.3 Å². The first-order valence-electron chi connectivity index (χ1n) is 9.65. The third-order valence-electron chi connectivity index (χ3n) is 4.33. The molecule has 0 saturated heterocycles. The molecule has 29 heavy (non-hydrogen) atoms. The van der Waals surface area contributed by atoms with E-state index in [1.165, 1.54) is 12.8 Å². The fourth-order valence-corrected chi connectivity index (χ4v) is 3.38. The Morgan fingerprint density at radius 3 is 2.59 bits per heavy atom. The van der Waals surface area contributed by atoms with Crippen LogP contribution in [0.1, 0.15) is 32.6 Å². The highest BCUT2D eigenvalue weighted by atomic mass is 79.9. The van der Waals surface area contributed by atoms with E-state index < -0.39 is 0 Å². The zero-order valence-electron chi connectivity index (χ0n) is 16.3. The molecule has 5 nitrogen and oxygen atoms in total. The average molecular weight is 476 g/mol. The quantitative estimate of drug-likeness (QED) is 0.331. The first-order valence-corrected chi connectivity index (χ1v) is 10.8. The Labute approximate surface area is 184 Å². The Morgan fingerprint density at radius 2 is 1.83 bits per heavy atom. The van der Waals surface area contributed by atoms with Crippen molar-refractivity contribution in [1.29, 1.82) is 0 Å². The molecule has 0 fully saturated rings. The summed E-state index contributed by atoms with van der Waals surface area (Å²) < 4.78 is 6.99. The number of unbranched alkanes of at least 4 members (excludes halogenated alkanes) is 3. The van der Waals surface area contributed by atoms with Crippen molar-refractivity contribution in [2.24, 2.45) is 0 Å². The molecule has 0 spiro atoms. The summed E-state index contributed by atoms with van der Waals surface area (Å²) in [5.74, 6) is 1.57. The summed E-state index contributed by atoms with van der Waals surface area (Å²) in [6.45, 7) is 2.87. The molecular weight excluding hydrogens is 452 g/mol. The van der Waals surface area contributed by atoms with Crippen LogP contribution in [0.5, 0.6) is 5.75 Å². The summed E-state index contributed by atoms with van der Waals surface area (Å²) >= 11 is 9.49. The number of nitrogens with two attached hydrogens (primary N) is 1. The summed E-state index contributed by atoms with van der Waals surface area (Å²) in [6.07, 6.45) is 4.61. The van der Waals surface area contributed by atoms with E-state index in [1.807, 2.05) is 48.5 Å². The zero-order chi connectivity index (χ0) is 20.6. The van der Waals surface area contributed by atoms with Crippen molar-refractivity contribution in [1.82, 2.24) is 9.97 Å². The molecule has 3 rings (SSSR count). The van der Waals surface area contributed by atoms with Crippen molar-refractivity contribution < 1.29 is 4.74 Å². The lowest BCUT2D eigenvalue weighted by atomic mass is 10.1. The maximum Gasteiger partial charge on any atom is 0.222 e. The van der Waals surface area contributed by atoms with Crippen LogP contribution in [-0.4, -0.2) is 16.6 Å². The van der Waals surface area contributed by atoms with Gasteiger partial charge in [0.2, 0.25) is 5.95 Å². The molecule has 0 aliphatic heterocycles. The summed E-state index contributed by atoms with van der Waals surface area (Å²) in [7, 11) is 0. The third kappa shape index (κ3) is 6.34. The SMILES string of the molecule is CCCCCCOc1ccc(Br)cc1-c1cc(Nc2ccc(Cl)cc2)nc(N)n1. The Kier molecular flexibility index (Phi) is 7.72. The first kappa shape index (κ1) is 21.4. The molecule has 2 aromatic carbocycles. The Morgan fingerprint density at radius 1 is 1.03 bits per heavy atom. The van der Waals surface area contributed by atoms with E-state index in [1.54, 1.807) is 0 Å². The van der Waals surface area contributed by atoms with Crippen molar-refractivity contribution >= 4 is 45.0 Å². The van der Waals surface area contributed by atoms with Gasteiger partial charge in [0.15, 0.2) is 0 Å². The Hall–Kier alpha value is -2.31. The fraction of sp³-hybridized carbons (Fsp3) is 0.273. The maximum absolute atomic E-state index is 6.05. The van der Waals surface area contributed by atoms with Crippen LogP contribution >= 0.6 is 27.5 Å². The first-order chi connectivity index (χ1) is 14.0. The molecule has 0 saturated carbocycles. The number of anilines is 3. The molecule has 0 atom stereocenters. The van der Waals surface area contributed by atoms with Crippen LogP contribution in [0.2, 0.25) is 5.02 Å². The van der Waals surface area contributed by atoms with Crippen molar-refractivity contribution in [3.63, 3.8) is 0 Å². The predicted molar refractivity (Wildman–Crippen MR) is 124 cm³/mol. The van der Waals surface area contributed by atoms with Gasteiger partial charge in [0.1, 0.15) is 11.6 Å². The molecule has 0 radical (unpaired) electrons. The van der Waals surface area contributed by atoms with E-state index in [0.29, 0.717) is 23.1 Å². The predicted octanol–water partition coefficient (Wildman–Crippen LogP) is 6.84. The minimum absolute atomic E-state index is 0.188. The number of benzene rings is 2. The average Bonchev–Trinajstić information content (AvgIpc) is 2.70. The van der Waals surface area contributed by atoms with Crippen molar-refractivity contribution in [2.45, 2.75) is 32.6 Å². The number of rotatable bonds is 9. The normalized spacial score (nSPS) is 10.7. The van der Waals surface area contributed by atoms with Gasteiger partial charge < -0.3 is 15.8 Å².